The van der Waals surface area contributed by atoms with Gasteiger partial charge in [0, 0.05) is 0 Å². The average Bonchev–Trinajstić information content (AvgIpc) is 2.79. The van der Waals surface area contributed by atoms with Gasteiger partial charge in [0.25, 0.3) is 0 Å². The maximum atomic E-state index is 3.47. The Morgan fingerprint density at radius 1 is 0.464 bits per heavy atom. The van der Waals surface area contributed by atoms with Gasteiger partial charge in [0.15, 0.2) is 0 Å². The van der Waals surface area contributed by atoms with Crippen molar-refractivity contribution in [2.75, 3.05) is 0 Å². The topological polar surface area (TPSA) is 0 Å². The van der Waals surface area contributed by atoms with Crippen LogP contribution in [0.5, 0.6) is 0 Å². The lowest BCUT2D eigenvalue weighted by atomic mass is 9.86. The van der Waals surface area contributed by atoms with Crippen LogP contribution in [0, 0.1) is 6.07 Å². The number of hydrogen-bond acceptors (Lipinski definition) is 0. The standard InChI is InChI=1S/C28H19/c1-4-11-21(12-5-1)25-18-10-17-24-19-20-26(22-13-6-2-7-14-22)27(28(24)25)23-15-8-3-9-16-23/h1-15,17-20H. The van der Waals surface area contributed by atoms with E-state index in [1.54, 1.807) is 0 Å². The molecule has 0 heteroatoms. The Balaban J connectivity index is 1.93. The van der Waals surface area contributed by atoms with E-state index in [1.807, 2.05) is 12.1 Å². The fraction of sp³-hybridized carbons (Fsp3) is 0. The zero-order valence-electron chi connectivity index (χ0n) is 15.5. The van der Waals surface area contributed by atoms with Gasteiger partial charge >= 0.3 is 0 Å². The maximum Gasteiger partial charge on any atom is -0.00143 e. The Hall–Kier alpha value is -3.64. The molecule has 5 aromatic rings. The monoisotopic (exact) mass is 355 g/mol. The summed E-state index contributed by atoms with van der Waals surface area (Å²) in [5.41, 5.74) is 7.30. The fourth-order valence-corrected chi connectivity index (χ4v) is 3.92. The van der Waals surface area contributed by atoms with Crippen molar-refractivity contribution in [2.45, 2.75) is 0 Å². The second-order valence-corrected chi connectivity index (χ2v) is 6.90. The predicted octanol–water partition coefficient (Wildman–Crippen LogP) is 7.64. The molecular formula is C28H19. The molecule has 0 saturated carbocycles. The molecule has 0 fully saturated rings. The van der Waals surface area contributed by atoms with E-state index < -0.39 is 0 Å². The van der Waals surface area contributed by atoms with Crippen LogP contribution in [0.15, 0.2) is 115 Å². The molecule has 5 rings (SSSR count). The van der Waals surface area contributed by atoms with E-state index in [-0.39, 0.29) is 0 Å². The minimum atomic E-state index is 1.12. The predicted molar refractivity (Wildman–Crippen MR) is 119 cm³/mol. The van der Waals surface area contributed by atoms with Gasteiger partial charge in [-0.1, -0.05) is 115 Å². The summed E-state index contributed by atoms with van der Waals surface area (Å²) in [5, 5.41) is 2.52. The summed E-state index contributed by atoms with van der Waals surface area (Å²) in [6, 6.07) is 44.0. The van der Waals surface area contributed by atoms with E-state index in [2.05, 4.69) is 109 Å². The van der Waals surface area contributed by atoms with Gasteiger partial charge in [-0.25, -0.2) is 0 Å². The van der Waals surface area contributed by atoms with Crippen molar-refractivity contribution in [3.05, 3.63) is 121 Å². The zero-order valence-corrected chi connectivity index (χ0v) is 15.5. The molecule has 0 aliphatic carbocycles. The van der Waals surface area contributed by atoms with Gasteiger partial charge in [0.05, 0.1) is 0 Å². The first-order chi connectivity index (χ1) is 13.9. The van der Waals surface area contributed by atoms with Gasteiger partial charge in [-0.3, -0.25) is 0 Å². The first kappa shape index (κ1) is 16.5. The van der Waals surface area contributed by atoms with Gasteiger partial charge in [-0.05, 0) is 50.2 Å². The highest BCUT2D eigenvalue weighted by molar-refractivity contribution is 6.11. The first-order valence-electron chi connectivity index (χ1n) is 9.55. The van der Waals surface area contributed by atoms with Crippen molar-refractivity contribution in [1.29, 1.82) is 0 Å². The summed E-state index contributed by atoms with van der Waals surface area (Å²) in [6.07, 6.45) is 0. The molecule has 1 radical (unpaired) electrons. The van der Waals surface area contributed by atoms with Crippen LogP contribution in [0.4, 0.5) is 0 Å². The molecule has 0 spiro atoms. The van der Waals surface area contributed by atoms with Crippen molar-refractivity contribution in [1.82, 2.24) is 0 Å². The Morgan fingerprint density at radius 2 is 1.14 bits per heavy atom. The molecule has 0 aliphatic heterocycles. The summed E-state index contributed by atoms with van der Waals surface area (Å²) in [6.45, 7) is 0. The molecule has 0 N–H and O–H groups in total. The van der Waals surface area contributed by atoms with Gasteiger partial charge in [-0.2, -0.15) is 0 Å². The van der Waals surface area contributed by atoms with Crippen LogP contribution in [0.1, 0.15) is 0 Å². The number of hydrogen-bond donors (Lipinski definition) is 0. The summed E-state index contributed by atoms with van der Waals surface area (Å²) in [5.74, 6) is 0. The minimum absolute atomic E-state index is 1.12. The van der Waals surface area contributed by atoms with Crippen LogP contribution in [-0.4, -0.2) is 0 Å². The Labute approximate surface area is 165 Å². The van der Waals surface area contributed by atoms with Crippen molar-refractivity contribution in [3.63, 3.8) is 0 Å². The van der Waals surface area contributed by atoms with Gasteiger partial charge in [0.1, 0.15) is 0 Å². The average molecular weight is 355 g/mol. The SMILES string of the molecule is [c]1ccccc1-c1c(-c2ccccc2)ccc2cccc(-c3ccccc3)c12. The molecule has 0 unspecified atom stereocenters. The molecule has 0 nitrogen and oxygen atoms in total. The maximum absolute atomic E-state index is 3.47. The third kappa shape index (κ3) is 2.90. The van der Waals surface area contributed by atoms with E-state index in [0.29, 0.717) is 0 Å². The third-order valence-corrected chi connectivity index (χ3v) is 5.19. The molecule has 0 aromatic heterocycles. The highest BCUT2D eigenvalue weighted by Crippen LogP contribution is 2.42. The second-order valence-electron chi connectivity index (χ2n) is 6.90. The van der Waals surface area contributed by atoms with E-state index in [0.717, 1.165) is 5.56 Å². The second kappa shape index (κ2) is 7.17. The summed E-state index contributed by atoms with van der Waals surface area (Å²) >= 11 is 0. The molecule has 0 heterocycles. The van der Waals surface area contributed by atoms with E-state index >= 15 is 0 Å². The lowest BCUT2D eigenvalue weighted by Gasteiger charge is -2.17. The van der Waals surface area contributed by atoms with Gasteiger partial charge in [0.2, 0.25) is 0 Å². The van der Waals surface area contributed by atoms with Crippen molar-refractivity contribution < 1.29 is 0 Å². The van der Waals surface area contributed by atoms with Crippen molar-refractivity contribution in [2.24, 2.45) is 0 Å². The Bertz CT molecular complexity index is 1220. The fourth-order valence-electron chi connectivity index (χ4n) is 3.92. The van der Waals surface area contributed by atoms with Crippen LogP contribution in [0.2, 0.25) is 0 Å². The highest BCUT2D eigenvalue weighted by Gasteiger charge is 2.15. The molecule has 28 heavy (non-hydrogen) atoms. The lowest BCUT2D eigenvalue weighted by molar-refractivity contribution is 1.59. The van der Waals surface area contributed by atoms with E-state index in [9.17, 15) is 0 Å². The largest absolute Gasteiger partial charge is 0.0622 e. The summed E-state index contributed by atoms with van der Waals surface area (Å²) < 4.78 is 0. The molecule has 131 valence electrons. The van der Waals surface area contributed by atoms with Crippen LogP contribution < -0.4 is 0 Å². The van der Waals surface area contributed by atoms with Crippen molar-refractivity contribution in [3.8, 4) is 33.4 Å². The molecule has 0 aliphatic rings. The highest BCUT2D eigenvalue weighted by atomic mass is 14.2. The third-order valence-electron chi connectivity index (χ3n) is 5.19. The van der Waals surface area contributed by atoms with Crippen LogP contribution in [0.3, 0.4) is 0 Å². The molecule has 0 bridgehead atoms. The summed E-state index contributed by atoms with van der Waals surface area (Å²) in [7, 11) is 0. The lowest BCUT2D eigenvalue weighted by Crippen LogP contribution is -1.91. The van der Waals surface area contributed by atoms with Crippen LogP contribution in [0.25, 0.3) is 44.2 Å². The summed E-state index contributed by atoms with van der Waals surface area (Å²) in [4.78, 5) is 0. The number of rotatable bonds is 3. The molecular weight excluding hydrogens is 336 g/mol. The van der Waals surface area contributed by atoms with Gasteiger partial charge < -0.3 is 0 Å². The van der Waals surface area contributed by atoms with Gasteiger partial charge in [-0.15, -0.1) is 0 Å². The number of fused-ring (bicyclic) bond motifs is 1. The van der Waals surface area contributed by atoms with Crippen LogP contribution in [-0.2, 0) is 0 Å². The van der Waals surface area contributed by atoms with E-state index in [1.165, 1.54) is 38.6 Å². The minimum Gasteiger partial charge on any atom is -0.0622 e. The smallest absolute Gasteiger partial charge is 0.00143 e. The van der Waals surface area contributed by atoms with Crippen LogP contribution >= 0.6 is 0 Å². The zero-order chi connectivity index (χ0) is 18.8. The first-order valence-corrected chi connectivity index (χ1v) is 9.55. The van der Waals surface area contributed by atoms with E-state index in [4.69, 9.17) is 0 Å². The molecule has 0 atom stereocenters. The van der Waals surface area contributed by atoms with Crippen molar-refractivity contribution >= 4 is 10.8 Å². The Kier molecular flexibility index (Phi) is 4.23. The Morgan fingerprint density at radius 3 is 1.82 bits per heavy atom. The number of benzene rings is 5. The molecule has 5 aromatic carbocycles. The quantitative estimate of drug-likeness (QED) is 0.312. The normalized spacial score (nSPS) is 10.9. The molecule has 0 saturated heterocycles. The molecule has 0 amide bonds.